The summed E-state index contributed by atoms with van der Waals surface area (Å²) in [5, 5.41) is 5.67. The quantitative estimate of drug-likeness (QED) is 0.831. The van der Waals surface area contributed by atoms with Gasteiger partial charge >= 0.3 is 0 Å². The monoisotopic (exact) mass is 321 g/mol. The van der Waals surface area contributed by atoms with Crippen molar-refractivity contribution in [3.8, 4) is 0 Å². The molecule has 0 atom stereocenters. The van der Waals surface area contributed by atoms with E-state index in [0.717, 1.165) is 11.3 Å². The first-order valence-corrected chi connectivity index (χ1v) is 7.75. The van der Waals surface area contributed by atoms with Gasteiger partial charge < -0.3 is 10.6 Å². The van der Waals surface area contributed by atoms with Crippen molar-refractivity contribution in [3.63, 3.8) is 0 Å². The number of carbonyl (C=O) groups is 2. The lowest BCUT2D eigenvalue weighted by Crippen LogP contribution is -2.28. The zero-order valence-electron chi connectivity index (χ0n) is 13.9. The molecule has 24 heavy (non-hydrogen) atoms. The van der Waals surface area contributed by atoms with E-state index in [0.29, 0.717) is 17.0 Å². The zero-order chi connectivity index (χ0) is 17.3. The average molecular weight is 321 g/mol. The second-order valence-corrected chi connectivity index (χ2v) is 6.70. The number of rotatable bonds is 2. The minimum atomic E-state index is -0.529. The van der Waals surface area contributed by atoms with Crippen LogP contribution in [0.5, 0.6) is 0 Å². The van der Waals surface area contributed by atoms with Crippen molar-refractivity contribution in [2.24, 2.45) is 5.41 Å². The Labute approximate surface area is 140 Å². The number of amides is 2. The van der Waals surface area contributed by atoms with Crippen molar-refractivity contribution in [1.29, 1.82) is 0 Å². The van der Waals surface area contributed by atoms with Crippen molar-refractivity contribution in [2.75, 3.05) is 10.6 Å². The number of pyridine rings is 1. The van der Waals surface area contributed by atoms with E-state index in [1.165, 1.54) is 0 Å². The molecule has 0 saturated heterocycles. The number of benzene rings is 1. The molecule has 0 saturated carbocycles. The molecule has 0 radical (unpaired) electrons. The van der Waals surface area contributed by atoms with Gasteiger partial charge in [-0.25, -0.2) is 4.98 Å². The molecular formula is C19H19N3O2. The van der Waals surface area contributed by atoms with Gasteiger partial charge in [-0.3, -0.25) is 9.59 Å². The number of anilines is 2. The van der Waals surface area contributed by atoms with Gasteiger partial charge in [0, 0.05) is 34.0 Å². The smallest absolute Gasteiger partial charge is 0.256 e. The Morgan fingerprint density at radius 3 is 2.67 bits per heavy atom. The maximum atomic E-state index is 12.2. The summed E-state index contributed by atoms with van der Waals surface area (Å²) >= 11 is 0. The molecule has 0 fully saturated rings. The highest BCUT2D eigenvalue weighted by atomic mass is 16.2. The van der Waals surface area contributed by atoms with E-state index >= 15 is 0 Å². The van der Waals surface area contributed by atoms with Crippen molar-refractivity contribution in [1.82, 2.24) is 4.98 Å². The van der Waals surface area contributed by atoms with Gasteiger partial charge in [-0.2, -0.15) is 0 Å². The lowest BCUT2D eigenvalue weighted by atomic mass is 9.95. The summed E-state index contributed by atoms with van der Waals surface area (Å²) in [6, 6.07) is 11.1. The number of nitrogens with zero attached hydrogens (tertiary/aromatic N) is 1. The summed E-state index contributed by atoms with van der Waals surface area (Å²) in [5.41, 5.74) is 2.36. The zero-order valence-corrected chi connectivity index (χ0v) is 13.9. The second kappa shape index (κ2) is 5.92. The maximum absolute atomic E-state index is 12.2. The molecule has 5 heteroatoms. The third-order valence-electron chi connectivity index (χ3n) is 3.76. The van der Waals surface area contributed by atoms with Gasteiger partial charge in [0.2, 0.25) is 5.91 Å². The molecule has 3 rings (SSSR count). The van der Waals surface area contributed by atoms with Gasteiger partial charge in [-0.05, 0) is 24.3 Å². The van der Waals surface area contributed by atoms with Crippen LogP contribution in [0.4, 0.5) is 11.5 Å². The fourth-order valence-electron chi connectivity index (χ4n) is 2.37. The highest BCUT2D eigenvalue weighted by Crippen LogP contribution is 2.33. The molecular weight excluding hydrogens is 302 g/mol. The molecule has 2 heterocycles. The van der Waals surface area contributed by atoms with Crippen LogP contribution in [0.1, 0.15) is 31.9 Å². The second-order valence-electron chi connectivity index (χ2n) is 6.70. The van der Waals surface area contributed by atoms with Crippen LogP contribution in [0.15, 0.2) is 42.6 Å². The Bertz CT molecular complexity index is 848. The molecule has 1 aromatic carbocycles. The van der Waals surface area contributed by atoms with Gasteiger partial charge in [0.05, 0.1) is 0 Å². The molecule has 0 bridgehead atoms. The molecule has 1 aromatic heterocycles. The Hall–Kier alpha value is -2.95. The summed E-state index contributed by atoms with van der Waals surface area (Å²) in [7, 11) is 0. The van der Waals surface area contributed by atoms with Crippen LogP contribution in [0.25, 0.3) is 11.6 Å². The number of hydrogen-bond donors (Lipinski definition) is 2. The van der Waals surface area contributed by atoms with Crippen molar-refractivity contribution < 1.29 is 9.59 Å². The minimum absolute atomic E-state index is 0.128. The molecule has 0 spiro atoms. The molecule has 2 N–H and O–H groups in total. The largest absolute Gasteiger partial charge is 0.321 e. The molecule has 1 aliphatic rings. The first-order chi connectivity index (χ1) is 11.4. The van der Waals surface area contributed by atoms with E-state index in [9.17, 15) is 9.59 Å². The van der Waals surface area contributed by atoms with E-state index in [1.807, 2.05) is 51.1 Å². The summed E-state index contributed by atoms with van der Waals surface area (Å²) in [6.07, 6.45) is 3.37. The minimum Gasteiger partial charge on any atom is -0.321 e. The molecule has 122 valence electrons. The van der Waals surface area contributed by atoms with Gasteiger partial charge in [-0.15, -0.1) is 0 Å². The van der Waals surface area contributed by atoms with Crippen molar-refractivity contribution in [3.05, 3.63) is 53.7 Å². The lowest BCUT2D eigenvalue weighted by Gasteiger charge is -2.18. The molecule has 2 amide bonds. The Balaban J connectivity index is 2.00. The van der Waals surface area contributed by atoms with Crippen LogP contribution < -0.4 is 10.6 Å². The van der Waals surface area contributed by atoms with E-state index in [4.69, 9.17) is 0 Å². The summed E-state index contributed by atoms with van der Waals surface area (Å²) < 4.78 is 0. The Kier molecular flexibility index (Phi) is 3.93. The van der Waals surface area contributed by atoms with Gasteiger partial charge in [0.1, 0.15) is 5.82 Å². The van der Waals surface area contributed by atoms with Crippen LogP contribution in [0.2, 0.25) is 0 Å². The van der Waals surface area contributed by atoms with E-state index < -0.39 is 5.41 Å². The van der Waals surface area contributed by atoms with Crippen molar-refractivity contribution in [2.45, 2.75) is 20.8 Å². The van der Waals surface area contributed by atoms with Gasteiger partial charge in [0.25, 0.3) is 5.91 Å². The Morgan fingerprint density at radius 2 is 1.92 bits per heavy atom. The third-order valence-corrected chi connectivity index (χ3v) is 3.76. The van der Waals surface area contributed by atoms with Crippen LogP contribution in [0, 0.1) is 5.41 Å². The first kappa shape index (κ1) is 15.9. The molecule has 5 nitrogen and oxygen atoms in total. The van der Waals surface area contributed by atoms with Crippen LogP contribution in [-0.2, 0) is 9.59 Å². The molecule has 0 aliphatic carbocycles. The number of fused-ring (bicyclic) bond motifs is 1. The third kappa shape index (κ3) is 3.06. The van der Waals surface area contributed by atoms with Crippen molar-refractivity contribution >= 4 is 35.0 Å². The van der Waals surface area contributed by atoms with Crippen LogP contribution in [0.3, 0.4) is 0 Å². The lowest BCUT2D eigenvalue weighted by molar-refractivity contribution is -0.123. The first-order valence-electron chi connectivity index (χ1n) is 7.75. The number of nitrogens with one attached hydrogen (secondary N) is 2. The Morgan fingerprint density at radius 1 is 1.17 bits per heavy atom. The normalized spacial score (nSPS) is 15.1. The summed E-state index contributed by atoms with van der Waals surface area (Å²) in [6.45, 7) is 5.51. The average Bonchev–Trinajstić information content (AvgIpc) is 2.84. The van der Waals surface area contributed by atoms with Crippen LogP contribution in [-0.4, -0.2) is 16.8 Å². The van der Waals surface area contributed by atoms with E-state index in [-0.39, 0.29) is 11.8 Å². The van der Waals surface area contributed by atoms with E-state index in [1.54, 1.807) is 18.3 Å². The molecule has 0 unspecified atom stereocenters. The number of aromatic nitrogens is 1. The maximum Gasteiger partial charge on any atom is 0.256 e. The van der Waals surface area contributed by atoms with E-state index in [2.05, 4.69) is 15.6 Å². The fourth-order valence-corrected chi connectivity index (χ4v) is 2.37. The summed E-state index contributed by atoms with van der Waals surface area (Å²) in [5.74, 6) is 0.160. The molecule has 2 aromatic rings. The fraction of sp³-hybridized carbons (Fsp3) is 0.211. The topological polar surface area (TPSA) is 71.1 Å². The summed E-state index contributed by atoms with van der Waals surface area (Å²) in [4.78, 5) is 28.7. The standard InChI is InChI=1S/C19H19N3O2/c1-19(2,3)18(24)22-16-12(7-6-10-20-16)11-14-13-8-4-5-9-15(13)21-17(14)23/h4-11H,1-3H3,(H,21,23)(H,20,22,24)/b14-11-. The number of para-hydroxylation sites is 1. The number of carbonyl (C=O) groups excluding carboxylic acids is 2. The highest BCUT2D eigenvalue weighted by molar-refractivity contribution is 6.35. The van der Waals surface area contributed by atoms with Gasteiger partial charge in [0.15, 0.2) is 0 Å². The van der Waals surface area contributed by atoms with Crippen LogP contribution >= 0.6 is 0 Å². The highest BCUT2D eigenvalue weighted by Gasteiger charge is 2.25. The predicted molar refractivity (Wildman–Crippen MR) is 95.3 cm³/mol. The number of hydrogen-bond acceptors (Lipinski definition) is 3. The van der Waals surface area contributed by atoms with Gasteiger partial charge in [-0.1, -0.05) is 39.0 Å². The SMILES string of the molecule is CC(C)(C)C(=O)Nc1ncccc1/C=C1\C(=O)Nc2ccccc21. The predicted octanol–water partition coefficient (Wildman–Crippen LogP) is 3.56. The molecule has 1 aliphatic heterocycles.